The van der Waals surface area contributed by atoms with Gasteiger partial charge in [0.25, 0.3) is 0 Å². The summed E-state index contributed by atoms with van der Waals surface area (Å²) in [6, 6.07) is 0.0337. The van der Waals surface area contributed by atoms with E-state index in [4.69, 9.17) is 16.2 Å². The van der Waals surface area contributed by atoms with Gasteiger partial charge in [-0.15, -0.1) is 0 Å². The van der Waals surface area contributed by atoms with Gasteiger partial charge in [0.1, 0.15) is 11.3 Å². The Morgan fingerprint density at radius 1 is 1.38 bits per heavy atom. The van der Waals surface area contributed by atoms with Crippen molar-refractivity contribution in [3.8, 4) is 5.75 Å². The first kappa shape index (κ1) is 19.5. The van der Waals surface area contributed by atoms with Gasteiger partial charge in [0.2, 0.25) is 5.43 Å². The minimum absolute atomic E-state index is 0.0337. The number of nitrogens with two attached hydrogens (primary N) is 2. The van der Waals surface area contributed by atoms with E-state index in [0.29, 0.717) is 31.1 Å². The number of nitrogen functional groups attached to an aromatic ring is 1. The number of fused-ring (bicyclic) bond motifs is 1. The molecule has 4 rings (SSSR count). The molecule has 156 valence electrons. The van der Waals surface area contributed by atoms with Crippen molar-refractivity contribution in [3.05, 3.63) is 27.8 Å². The van der Waals surface area contributed by atoms with E-state index in [0.717, 1.165) is 25.7 Å². The zero-order valence-electron chi connectivity index (χ0n) is 16.3. The lowest BCUT2D eigenvalue weighted by molar-refractivity contribution is 0.0695. The molecule has 9 heteroatoms. The molecule has 0 amide bonds. The lowest BCUT2D eigenvalue weighted by Crippen LogP contribution is -2.25. The third-order valence-electron chi connectivity index (χ3n) is 5.93. The highest BCUT2D eigenvalue weighted by Gasteiger charge is 2.34. The topological polar surface area (TPSA) is 124 Å². The van der Waals surface area contributed by atoms with Gasteiger partial charge < -0.3 is 30.8 Å². The van der Waals surface area contributed by atoms with E-state index in [2.05, 4.69) is 0 Å². The number of pyridine rings is 1. The molecule has 1 aromatic heterocycles. The summed E-state index contributed by atoms with van der Waals surface area (Å²) in [7, 11) is 1.42. The SMILES string of the molecule is COc1c(N2CC[C@@H](CCN)C2)c(F)c(N)c2c(=O)c(C(=O)O)cn(C3CC3)c12. The summed E-state index contributed by atoms with van der Waals surface area (Å²) in [6.45, 7) is 1.82. The van der Waals surface area contributed by atoms with Crippen LogP contribution in [0.4, 0.5) is 15.8 Å². The van der Waals surface area contributed by atoms with Crippen LogP contribution < -0.4 is 26.5 Å². The zero-order chi connectivity index (χ0) is 20.9. The summed E-state index contributed by atoms with van der Waals surface area (Å²) in [5, 5.41) is 9.32. The van der Waals surface area contributed by atoms with Gasteiger partial charge in [-0.3, -0.25) is 4.79 Å². The fourth-order valence-corrected chi connectivity index (χ4v) is 4.34. The second kappa shape index (κ2) is 7.22. The van der Waals surface area contributed by atoms with Crippen molar-refractivity contribution < 1.29 is 19.0 Å². The lowest BCUT2D eigenvalue weighted by atomic mass is 10.0. The maximum absolute atomic E-state index is 15.4. The van der Waals surface area contributed by atoms with E-state index in [-0.39, 0.29) is 28.6 Å². The van der Waals surface area contributed by atoms with Crippen molar-refractivity contribution in [2.45, 2.75) is 31.7 Å². The van der Waals surface area contributed by atoms with E-state index < -0.39 is 22.8 Å². The molecule has 1 saturated carbocycles. The zero-order valence-corrected chi connectivity index (χ0v) is 16.3. The molecule has 0 unspecified atom stereocenters. The Bertz CT molecular complexity index is 1050. The highest BCUT2D eigenvalue weighted by Crippen LogP contribution is 2.46. The average Bonchev–Trinajstić information content (AvgIpc) is 3.43. The van der Waals surface area contributed by atoms with Gasteiger partial charge in [0, 0.05) is 25.3 Å². The Kier molecular flexibility index (Phi) is 4.85. The number of nitrogens with zero attached hydrogens (tertiary/aromatic N) is 2. The lowest BCUT2D eigenvalue weighted by Gasteiger charge is -2.26. The molecule has 1 aliphatic carbocycles. The second-order valence-electron chi connectivity index (χ2n) is 7.83. The van der Waals surface area contributed by atoms with Crippen molar-refractivity contribution in [2.24, 2.45) is 11.7 Å². The first-order chi connectivity index (χ1) is 13.9. The minimum Gasteiger partial charge on any atom is -0.492 e. The maximum atomic E-state index is 15.4. The number of carboxylic acid groups (broad SMARTS) is 1. The third kappa shape index (κ3) is 3.09. The number of anilines is 2. The van der Waals surface area contributed by atoms with Gasteiger partial charge in [-0.2, -0.15) is 0 Å². The number of carboxylic acids is 1. The van der Waals surface area contributed by atoms with Crippen molar-refractivity contribution in [2.75, 3.05) is 37.4 Å². The molecule has 5 N–H and O–H groups in total. The fourth-order valence-electron chi connectivity index (χ4n) is 4.34. The largest absolute Gasteiger partial charge is 0.492 e. The molecule has 2 heterocycles. The Hall–Kier alpha value is -2.81. The number of aromatic nitrogens is 1. The first-order valence-corrected chi connectivity index (χ1v) is 9.81. The number of carbonyl (C=O) groups is 1. The average molecular weight is 404 g/mol. The number of methoxy groups -OCH3 is 1. The molecule has 0 radical (unpaired) electrons. The summed E-state index contributed by atoms with van der Waals surface area (Å²) in [6.07, 6.45) is 4.74. The molecule has 2 aromatic rings. The summed E-state index contributed by atoms with van der Waals surface area (Å²) in [5.74, 6) is -1.54. The van der Waals surface area contributed by atoms with E-state index in [1.165, 1.54) is 13.3 Å². The Morgan fingerprint density at radius 3 is 2.69 bits per heavy atom. The minimum atomic E-state index is -1.36. The van der Waals surface area contributed by atoms with E-state index in [1.807, 2.05) is 4.90 Å². The Balaban J connectivity index is 2.01. The number of hydrogen-bond acceptors (Lipinski definition) is 6. The molecule has 29 heavy (non-hydrogen) atoms. The van der Waals surface area contributed by atoms with Crippen LogP contribution in [0.3, 0.4) is 0 Å². The van der Waals surface area contributed by atoms with Crippen LogP contribution in [-0.2, 0) is 0 Å². The van der Waals surface area contributed by atoms with Crippen LogP contribution in [-0.4, -0.2) is 42.4 Å². The summed E-state index contributed by atoms with van der Waals surface area (Å²) >= 11 is 0. The molecule has 2 aliphatic rings. The Morgan fingerprint density at radius 2 is 2.10 bits per heavy atom. The molecule has 1 atom stereocenters. The molecule has 0 bridgehead atoms. The number of ether oxygens (including phenoxy) is 1. The standard InChI is InChI=1S/C20H25FN4O4/c1-29-19-16-13(18(26)12(20(27)28)9-25(16)11-2-3-11)15(23)14(21)17(19)24-7-5-10(8-24)4-6-22/h9-11H,2-8,22-23H2,1H3,(H,27,28)/t10-/m1/s1. The molecule has 8 nitrogen and oxygen atoms in total. The number of hydrogen-bond donors (Lipinski definition) is 3. The normalized spacial score (nSPS) is 19.1. The van der Waals surface area contributed by atoms with Gasteiger partial charge in [0.05, 0.1) is 23.7 Å². The monoisotopic (exact) mass is 404 g/mol. The molecule has 2 fully saturated rings. The third-order valence-corrected chi connectivity index (χ3v) is 5.93. The number of aromatic carboxylic acids is 1. The van der Waals surface area contributed by atoms with Gasteiger partial charge in [-0.05, 0) is 38.1 Å². The number of halogens is 1. The van der Waals surface area contributed by atoms with Crippen molar-refractivity contribution >= 4 is 28.2 Å². The highest BCUT2D eigenvalue weighted by atomic mass is 19.1. The summed E-state index contributed by atoms with van der Waals surface area (Å²) in [4.78, 5) is 26.3. The van der Waals surface area contributed by atoms with Gasteiger partial charge >= 0.3 is 5.97 Å². The molecule has 0 spiro atoms. The quantitative estimate of drug-likeness (QED) is 0.629. The smallest absolute Gasteiger partial charge is 0.341 e. The number of benzene rings is 1. The predicted molar refractivity (Wildman–Crippen MR) is 108 cm³/mol. The van der Waals surface area contributed by atoms with Crippen LogP contribution in [0.25, 0.3) is 10.9 Å². The maximum Gasteiger partial charge on any atom is 0.341 e. The first-order valence-electron chi connectivity index (χ1n) is 9.81. The molecule has 1 aliphatic heterocycles. The predicted octanol–water partition coefficient (Wildman–Crippen LogP) is 1.94. The van der Waals surface area contributed by atoms with Crippen LogP contribution in [0.5, 0.6) is 5.75 Å². The van der Waals surface area contributed by atoms with Crippen LogP contribution >= 0.6 is 0 Å². The van der Waals surface area contributed by atoms with Gasteiger partial charge in [0.15, 0.2) is 11.6 Å². The molecular weight excluding hydrogens is 379 g/mol. The molecular formula is C20H25FN4O4. The van der Waals surface area contributed by atoms with Crippen molar-refractivity contribution in [1.82, 2.24) is 4.57 Å². The molecule has 1 aromatic carbocycles. The van der Waals surface area contributed by atoms with Gasteiger partial charge in [-0.25, -0.2) is 9.18 Å². The van der Waals surface area contributed by atoms with E-state index >= 15 is 4.39 Å². The second-order valence-corrected chi connectivity index (χ2v) is 7.83. The van der Waals surface area contributed by atoms with Crippen molar-refractivity contribution in [1.29, 1.82) is 0 Å². The number of rotatable bonds is 6. The van der Waals surface area contributed by atoms with Crippen LogP contribution in [0.2, 0.25) is 0 Å². The van der Waals surface area contributed by atoms with Crippen LogP contribution in [0, 0.1) is 11.7 Å². The highest BCUT2D eigenvalue weighted by molar-refractivity contribution is 6.03. The fraction of sp³-hybridized carbons (Fsp3) is 0.500. The van der Waals surface area contributed by atoms with E-state index in [1.54, 1.807) is 4.57 Å². The summed E-state index contributed by atoms with van der Waals surface area (Å²) < 4.78 is 22.8. The Labute approximate surface area is 166 Å². The van der Waals surface area contributed by atoms with Crippen LogP contribution in [0.15, 0.2) is 11.0 Å². The van der Waals surface area contributed by atoms with Crippen LogP contribution in [0.1, 0.15) is 42.1 Å². The summed E-state index contributed by atoms with van der Waals surface area (Å²) in [5.41, 5.74) is 10.8. The molecule has 1 saturated heterocycles. The van der Waals surface area contributed by atoms with Gasteiger partial charge in [-0.1, -0.05) is 0 Å². The van der Waals surface area contributed by atoms with E-state index in [9.17, 15) is 14.7 Å². The van der Waals surface area contributed by atoms with Crippen molar-refractivity contribution in [3.63, 3.8) is 0 Å².